The van der Waals surface area contributed by atoms with Gasteiger partial charge in [0, 0.05) is 23.6 Å². The molecule has 1 aliphatic heterocycles. The molecule has 1 aliphatic rings. The standard InChI is InChI=1S/C16H17NO6S2/c18-12(6-10(24)7-15(21)22)11(17-1-2-25-8-17)3-9-4-13(19)16(23)14(20)5-9/h3-5,19-20,23H,1-2,6-8H2,(H,21,22). The number of hydrogen-bond acceptors (Lipinski definition) is 8. The van der Waals surface area contributed by atoms with Gasteiger partial charge in [0.25, 0.3) is 0 Å². The summed E-state index contributed by atoms with van der Waals surface area (Å²) >= 11 is 6.60. The molecule has 25 heavy (non-hydrogen) atoms. The van der Waals surface area contributed by atoms with Crippen molar-refractivity contribution >= 4 is 46.7 Å². The van der Waals surface area contributed by atoms with Crippen LogP contribution in [-0.2, 0) is 9.59 Å². The number of benzene rings is 1. The normalized spacial score (nSPS) is 14.6. The van der Waals surface area contributed by atoms with Crippen LogP contribution < -0.4 is 0 Å². The lowest BCUT2D eigenvalue weighted by Gasteiger charge is -2.20. The number of carboxylic acids is 1. The Morgan fingerprint density at radius 1 is 1.20 bits per heavy atom. The van der Waals surface area contributed by atoms with Crippen molar-refractivity contribution in [2.24, 2.45) is 0 Å². The van der Waals surface area contributed by atoms with Crippen LogP contribution in [0.4, 0.5) is 0 Å². The van der Waals surface area contributed by atoms with Crippen molar-refractivity contribution in [3.05, 3.63) is 23.4 Å². The molecule has 0 amide bonds. The first-order valence-corrected chi connectivity index (χ1v) is 8.90. The van der Waals surface area contributed by atoms with Gasteiger partial charge < -0.3 is 25.3 Å². The third-order valence-corrected chi connectivity index (χ3v) is 4.73. The minimum atomic E-state index is -1.09. The van der Waals surface area contributed by atoms with Gasteiger partial charge in [0.15, 0.2) is 23.0 Å². The van der Waals surface area contributed by atoms with E-state index in [0.29, 0.717) is 23.7 Å². The Morgan fingerprint density at radius 3 is 2.36 bits per heavy atom. The van der Waals surface area contributed by atoms with Gasteiger partial charge >= 0.3 is 5.97 Å². The van der Waals surface area contributed by atoms with Gasteiger partial charge in [0.05, 0.1) is 18.0 Å². The van der Waals surface area contributed by atoms with Crippen molar-refractivity contribution in [3.63, 3.8) is 0 Å². The Hall–Kier alpha value is -2.26. The van der Waals surface area contributed by atoms with Crippen LogP contribution in [0.3, 0.4) is 0 Å². The molecule has 1 fully saturated rings. The summed E-state index contributed by atoms with van der Waals surface area (Å²) < 4.78 is 0. The quantitative estimate of drug-likeness (QED) is 0.318. The smallest absolute Gasteiger partial charge is 0.308 e. The number of carboxylic acid groups (broad SMARTS) is 1. The molecule has 2 rings (SSSR count). The number of phenols is 3. The highest BCUT2D eigenvalue weighted by atomic mass is 32.2. The van der Waals surface area contributed by atoms with E-state index in [-0.39, 0.29) is 23.5 Å². The van der Waals surface area contributed by atoms with E-state index in [9.17, 15) is 24.9 Å². The van der Waals surface area contributed by atoms with Crippen LogP contribution in [0.25, 0.3) is 6.08 Å². The molecule has 4 N–H and O–H groups in total. The number of aromatic hydroxyl groups is 3. The van der Waals surface area contributed by atoms with E-state index in [1.165, 1.54) is 18.2 Å². The summed E-state index contributed by atoms with van der Waals surface area (Å²) in [5.41, 5.74) is 0.652. The fourth-order valence-electron chi connectivity index (χ4n) is 2.32. The highest BCUT2D eigenvalue weighted by Crippen LogP contribution is 2.36. The summed E-state index contributed by atoms with van der Waals surface area (Å²) in [6.45, 7) is 0.643. The molecule has 1 aromatic carbocycles. The summed E-state index contributed by atoms with van der Waals surface area (Å²) in [7, 11) is 0. The van der Waals surface area contributed by atoms with E-state index >= 15 is 0 Å². The number of carbonyl (C=O) groups is 2. The molecule has 1 saturated heterocycles. The van der Waals surface area contributed by atoms with Crippen LogP contribution >= 0.6 is 24.0 Å². The fraction of sp³-hybridized carbons (Fsp3) is 0.312. The van der Waals surface area contributed by atoms with Crippen molar-refractivity contribution in [3.8, 4) is 17.2 Å². The first-order chi connectivity index (χ1) is 11.8. The lowest BCUT2D eigenvalue weighted by atomic mass is 10.1. The first kappa shape index (κ1) is 19.1. The maximum atomic E-state index is 12.6. The Labute approximate surface area is 153 Å². The van der Waals surface area contributed by atoms with Gasteiger partial charge in [-0.25, -0.2) is 0 Å². The van der Waals surface area contributed by atoms with Crippen LogP contribution in [0.5, 0.6) is 17.2 Å². The monoisotopic (exact) mass is 383 g/mol. The summed E-state index contributed by atoms with van der Waals surface area (Å²) in [6.07, 6.45) is 0.949. The second-order valence-corrected chi connectivity index (χ2v) is 7.10. The minimum absolute atomic E-state index is 0.131. The van der Waals surface area contributed by atoms with Gasteiger partial charge in [-0.05, 0) is 23.8 Å². The number of phenolic OH excluding ortho intramolecular Hbond substituents is 3. The van der Waals surface area contributed by atoms with E-state index in [0.717, 1.165) is 5.75 Å². The van der Waals surface area contributed by atoms with Crippen LogP contribution in [-0.4, -0.2) is 60.1 Å². The van der Waals surface area contributed by atoms with E-state index in [4.69, 9.17) is 17.3 Å². The number of carbonyl (C=O) groups excluding carboxylic acids is 1. The molecule has 134 valence electrons. The molecular formula is C16H17NO6S2. The number of thioether (sulfide) groups is 1. The molecule has 0 saturated carbocycles. The molecule has 9 heteroatoms. The number of allylic oxidation sites excluding steroid dienone is 1. The number of Topliss-reactive ketones (excluding diaryl/α,β-unsaturated/α-hetero) is 1. The molecule has 0 atom stereocenters. The number of ketones is 1. The zero-order valence-electron chi connectivity index (χ0n) is 13.1. The molecule has 0 unspecified atom stereocenters. The van der Waals surface area contributed by atoms with Crippen molar-refractivity contribution < 1.29 is 30.0 Å². The Bertz CT molecular complexity index is 717. The summed E-state index contributed by atoms with van der Waals surface area (Å²) in [4.78, 5) is 25.3. The van der Waals surface area contributed by atoms with Crippen molar-refractivity contribution in [2.45, 2.75) is 12.8 Å². The van der Waals surface area contributed by atoms with Gasteiger partial charge in [-0.3, -0.25) is 9.59 Å². The second-order valence-electron chi connectivity index (χ2n) is 5.45. The molecule has 0 radical (unpaired) electrons. The largest absolute Gasteiger partial charge is 0.504 e. The molecule has 0 bridgehead atoms. The van der Waals surface area contributed by atoms with Gasteiger partial charge in [-0.15, -0.1) is 11.8 Å². The average molecular weight is 383 g/mol. The van der Waals surface area contributed by atoms with Crippen LogP contribution in [0.2, 0.25) is 0 Å². The van der Waals surface area contributed by atoms with Crippen LogP contribution in [0.1, 0.15) is 18.4 Å². The van der Waals surface area contributed by atoms with Crippen LogP contribution in [0.15, 0.2) is 17.8 Å². The molecular weight excluding hydrogens is 366 g/mol. The fourth-order valence-corrected chi connectivity index (χ4v) is 3.54. The number of rotatable bonds is 7. The van der Waals surface area contributed by atoms with Crippen molar-refractivity contribution in [1.82, 2.24) is 4.90 Å². The summed E-state index contributed by atoms with van der Waals surface area (Å²) in [5, 5.41) is 37.4. The zero-order valence-corrected chi connectivity index (χ0v) is 14.8. The molecule has 0 spiro atoms. The lowest BCUT2D eigenvalue weighted by molar-refractivity contribution is -0.135. The van der Waals surface area contributed by atoms with E-state index in [1.807, 2.05) is 4.90 Å². The number of thiocarbonyl (C=S) groups is 1. The maximum Gasteiger partial charge on any atom is 0.308 e. The maximum absolute atomic E-state index is 12.6. The van der Waals surface area contributed by atoms with Crippen molar-refractivity contribution in [2.75, 3.05) is 18.2 Å². The number of nitrogens with zero attached hydrogens (tertiary/aromatic N) is 1. The predicted octanol–water partition coefficient (Wildman–Crippen LogP) is 1.95. The molecule has 0 aliphatic carbocycles. The zero-order chi connectivity index (χ0) is 18.6. The summed E-state index contributed by atoms with van der Waals surface area (Å²) in [5.74, 6) is -1.63. The Kier molecular flexibility index (Phi) is 6.27. The topological polar surface area (TPSA) is 118 Å². The Balaban J connectivity index is 2.31. The molecule has 7 nitrogen and oxygen atoms in total. The van der Waals surface area contributed by atoms with E-state index in [1.54, 1.807) is 11.8 Å². The third-order valence-electron chi connectivity index (χ3n) is 3.48. The van der Waals surface area contributed by atoms with E-state index in [2.05, 4.69) is 0 Å². The Morgan fingerprint density at radius 2 is 1.84 bits per heavy atom. The third kappa shape index (κ3) is 5.10. The SMILES string of the molecule is O=C(O)CC(=S)CC(=O)C(=Cc1cc(O)c(O)c(O)c1)N1CCSC1. The number of aliphatic carboxylic acids is 1. The van der Waals surface area contributed by atoms with Gasteiger partial charge in [-0.1, -0.05) is 12.2 Å². The summed E-state index contributed by atoms with van der Waals surface area (Å²) in [6, 6.07) is 2.45. The van der Waals surface area contributed by atoms with Crippen molar-refractivity contribution in [1.29, 1.82) is 0 Å². The van der Waals surface area contributed by atoms with E-state index < -0.39 is 23.2 Å². The predicted molar refractivity (Wildman–Crippen MR) is 97.9 cm³/mol. The average Bonchev–Trinajstić information content (AvgIpc) is 3.03. The second kappa shape index (κ2) is 8.21. The van der Waals surface area contributed by atoms with Gasteiger partial charge in [0.1, 0.15) is 0 Å². The van der Waals surface area contributed by atoms with Gasteiger partial charge in [-0.2, -0.15) is 0 Å². The molecule has 1 heterocycles. The first-order valence-electron chi connectivity index (χ1n) is 7.34. The molecule has 0 aromatic heterocycles. The van der Waals surface area contributed by atoms with Gasteiger partial charge in [0.2, 0.25) is 0 Å². The van der Waals surface area contributed by atoms with Crippen LogP contribution in [0, 0.1) is 0 Å². The lowest BCUT2D eigenvalue weighted by Crippen LogP contribution is -2.26. The highest BCUT2D eigenvalue weighted by molar-refractivity contribution is 7.99. The minimum Gasteiger partial charge on any atom is -0.504 e. The molecule has 1 aromatic rings. The number of hydrogen-bond donors (Lipinski definition) is 4. The highest BCUT2D eigenvalue weighted by Gasteiger charge is 2.23.